The molecule has 0 spiro atoms. The highest BCUT2D eigenvalue weighted by Gasteiger charge is 2.29. The summed E-state index contributed by atoms with van der Waals surface area (Å²) >= 11 is 7.88. The Balaban J connectivity index is 1.33. The summed E-state index contributed by atoms with van der Waals surface area (Å²) in [5.41, 5.74) is 0.203. The van der Waals surface area contributed by atoms with Gasteiger partial charge >= 0.3 is 0 Å². The van der Waals surface area contributed by atoms with E-state index in [9.17, 15) is 10.1 Å². The summed E-state index contributed by atoms with van der Waals surface area (Å²) < 4.78 is 12.1. The molecule has 1 aliphatic rings. The number of anilines is 1. The van der Waals surface area contributed by atoms with Crippen LogP contribution in [0, 0.1) is 11.3 Å². The first kappa shape index (κ1) is 18.7. The summed E-state index contributed by atoms with van der Waals surface area (Å²) in [6.45, 7) is 2.03. The molecule has 0 atom stereocenters. The number of rotatable bonds is 3. The van der Waals surface area contributed by atoms with Crippen molar-refractivity contribution >= 4 is 44.8 Å². The molecule has 9 heteroatoms. The molecule has 0 aliphatic carbocycles. The summed E-state index contributed by atoms with van der Waals surface area (Å²) in [5.74, 6) is 1.05. The van der Waals surface area contributed by atoms with E-state index in [-0.39, 0.29) is 17.5 Å². The molecular weight excluding hydrogens is 424 g/mol. The lowest BCUT2D eigenvalue weighted by atomic mass is 10.2. The Bertz CT molecular complexity index is 1260. The number of aromatic nitrogens is 1. The molecule has 0 unspecified atom stereocenters. The minimum Gasteiger partial charge on any atom is -0.459 e. The molecule has 0 bridgehead atoms. The van der Waals surface area contributed by atoms with Gasteiger partial charge in [-0.25, -0.2) is 0 Å². The van der Waals surface area contributed by atoms with Crippen LogP contribution in [0.4, 0.5) is 5.88 Å². The fourth-order valence-electron chi connectivity index (χ4n) is 3.51. The molecule has 4 heterocycles. The normalized spacial score (nSPS) is 14.3. The Kier molecular flexibility index (Phi) is 4.69. The van der Waals surface area contributed by atoms with Crippen molar-refractivity contribution in [1.29, 1.82) is 5.26 Å². The Morgan fingerprint density at radius 3 is 2.67 bits per heavy atom. The number of amides is 1. The number of thiophene rings is 1. The van der Waals surface area contributed by atoms with Gasteiger partial charge in [0, 0.05) is 36.3 Å². The standard InChI is InChI=1S/C21H15ClN4O3S/c22-17-13-4-1-2-6-16(13)30-18(17)20(27)25-7-9-26(10-8-25)21-14(12-23)24-19(29-21)15-5-3-11-28-15/h1-6,11H,7-10H2. The summed E-state index contributed by atoms with van der Waals surface area (Å²) in [6.07, 6.45) is 1.52. The second-order valence-electron chi connectivity index (χ2n) is 6.78. The van der Waals surface area contributed by atoms with Gasteiger partial charge in [0.2, 0.25) is 11.6 Å². The molecule has 1 aliphatic heterocycles. The Hall–Kier alpha value is -3.28. The lowest BCUT2D eigenvalue weighted by Crippen LogP contribution is -2.48. The van der Waals surface area contributed by atoms with E-state index in [1.54, 1.807) is 17.0 Å². The van der Waals surface area contributed by atoms with Gasteiger partial charge in [-0.2, -0.15) is 10.2 Å². The van der Waals surface area contributed by atoms with Gasteiger partial charge in [-0.05, 0) is 18.2 Å². The Labute approximate surface area is 180 Å². The molecule has 0 saturated carbocycles. The van der Waals surface area contributed by atoms with Crippen LogP contribution in [0.25, 0.3) is 21.7 Å². The molecule has 7 nitrogen and oxygen atoms in total. The lowest BCUT2D eigenvalue weighted by Gasteiger charge is -2.34. The molecule has 1 amide bonds. The van der Waals surface area contributed by atoms with Crippen molar-refractivity contribution in [2.24, 2.45) is 0 Å². The third-order valence-corrected chi connectivity index (χ3v) is 6.69. The van der Waals surface area contributed by atoms with E-state index in [0.717, 1.165) is 10.1 Å². The molecule has 0 N–H and O–H groups in total. The van der Waals surface area contributed by atoms with Crippen LogP contribution in [-0.2, 0) is 0 Å². The van der Waals surface area contributed by atoms with Crippen LogP contribution in [0.5, 0.6) is 0 Å². The van der Waals surface area contributed by atoms with Crippen molar-refractivity contribution in [3.8, 4) is 17.7 Å². The quantitative estimate of drug-likeness (QED) is 0.463. The second kappa shape index (κ2) is 7.52. The number of hydrogen-bond donors (Lipinski definition) is 0. The third kappa shape index (κ3) is 3.12. The van der Waals surface area contributed by atoms with E-state index in [0.29, 0.717) is 47.7 Å². The predicted molar refractivity (Wildman–Crippen MR) is 114 cm³/mol. The highest BCUT2D eigenvalue weighted by molar-refractivity contribution is 7.21. The number of hydrogen-bond acceptors (Lipinski definition) is 7. The molecule has 0 radical (unpaired) electrons. The van der Waals surface area contributed by atoms with Gasteiger partial charge in [-0.15, -0.1) is 11.3 Å². The van der Waals surface area contributed by atoms with Crippen LogP contribution < -0.4 is 4.90 Å². The van der Waals surface area contributed by atoms with Gasteiger partial charge < -0.3 is 18.6 Å². The summed E-state index contributed by atoms with van der Waals surface area (Å²) in [6, 6.07) is 13.3. The number of oxazole rings is 1. The summed E-state index contributed by atoms with van der Waals surface area (Å²) in [5, 5.41) is 10.8. The molecule has 4 aromatic rings. The van der Waals surface area contributed by atoms with Crippen molar-refractivity contribution in [3.63, 3.8) is 0 Å². The molecule has 1 aromatic carbocycles. The number of piperazine rings is 1. The van der Waals surface area contributed by atoms with E-state index in [1.807, 2.05) is 29.2 Å². The van der Waals surface area contributed by atoms with Gasteiger partial charge in [-0.3, -0.25) is 4.79 Å². The summed E-state index contributed by atoms with van der Waals surface area (Å²) in [4.78, 5) is 21.5. The maximum Gasteiger partial charge on any atom is 0.266 e. The van der Waals surface area contributed by atoms with Crippen molar-refractivity contribution in [1.82, 2.24) is 9.88 Å². The minimum atomic E-state index is -0.0739. The molecule has 1 saturated heterocycles. The maximum absolute atomic E-state index is 13.0. The van der Waals surface area contributed by atoms with Crippen LogP contribution in [0.1, 0.15) is 15.4 Å². The zero-order chi connectivity index (χ0) is 20.7. The van der Waals surface area contributed by atoms with Crippen molar-refractivity contribution in [3.05, 3.63) is 58.3 Å². The minimum absolute atomic E-state index is 0.0739. The lowest BCUT2D eigenvalue weighted by molar-refractivity contribution is 0.0750. The third-order valence-electron chi connectivity index (χ3n) is 5.03. The number of carbonyl (C=O) groups is 1. The van der Waals surface area contributed by atoms with E-state index < -0.39 is 0 Å². The zero-order valence-electron chi connectivity index (χ0n) is 15.7. The number of fused-ring (bicyclic) bond motifs is 1. The fourth-order valence-corrected chi connectivity index (χ4v) is 4.99. The zero-order valence-corrected chi connectivity index (χ0v) is 17.2. The van der Waals surface area contributed by atoms with Gasteiger partial charge in [0.15, 0.2) is 5.76 Å². The van der Waals surface area contributed by atoms with Crippen LogP contribution >= 0.6 is 22.9 Å². The van der Waals surface area contributed by atoms with Crippen LogP contribution in [0.3, 0.4) is 0 Å². The number of furan rings is 1. The number of nitriles is 1. The number of carbonyl (C=O) groups excluding carboxylic acids is 1. The largest absolute Gasteiger partial charge is 0.459 e. The number of benzene rings is 1. The van der Waals surface area contributed by atoms with E-state index in [1.165, 1.54) is 17.6 Å². The van der Waals surface area contributed by atoms with Crippen molar-refractivity contribution < 1.29 is 13.6 Å². The Morgan fingerprint density at radius 1 is 1.17 bits per heavy atom. The highest BCUT2D eigenvalue weighted by Crippen LogP contribution is 2.36. The molecule has 5 rings (SSSR count). The monoisotopic (exact) mass is 438 g/mol. The van der Waals surface area contributed by atoms with Gasteiger partial charge in [-0.1, -0.05) is 29.8 Å². The molecule has 1 fully saturated rings. The first-order valence-electron chi connectivity index (χ1n) is 9.32. The first-order chi connectivity index (χ1) is 14.7. The average Bonchev–Trinajstić information content (AvgIpc) is 3.52. The second-order valence-corrected chi connectivity index (χ2v) is 8.21. The highest BCUT2D eigenvalue weighted by atomic mass is 35.5. The fraction of sp³-hybridized carbons (Fsp3) is 0.190. The van der Waals surface area contributed by atoms with E-state index in [2.05, 4.69) is 11.1 Å². The smallest absolute Gasteiger partial charge is 0.266 e. The average molecular weight is 439 g/mol. The van der Waals surface area contributed by atoms with E-state index in [4.69, 9.17) is 20.4 Å². The number of halogens is 1. The SMILES string of the molecule is N#Cc1nc(-c2ccco2)oc1N1CCN(C(=O)c2sc3ccccc3c2Cl)CC1. The van der Waals surface area contributed by atoms with Crippen molar-refractivity contribution in [2.75, 3.05) is 31.1 Å². The maximum atomic E-state index is 13.0. The number of nitrogens with zero attached hydrogens (tertiary/aromatic N) is 4. The Morgan fingerprint density at radius 2 is 1.97 bits per heavy atom. The first-order valence-corrected chi connectivity index (χ1v) is 10.5. The molecule has 3 aromatic heterocycles. The van der Waals surface area contributed by atoms with Crippen LogP contribution in [0.15, 0.2) is 51.5 Å². The van der Waals surface area contributed by atoms with Crippen LogP contribution in [0.2, 0.25) is 5.02 Å². The van der Waals surface area contributed by atoms with Gasteiger partial charge in [0.1, 0.15) is 10.9 Å². The van der Waals surface area contributed by atoms with Gasteiger partial charge in [0.05, 0.1) is 11.3 Å². The summed E-state index contributed by atoms with van der Waals surface area (Å²) in [7, 11) is 0. The van der Waals surface area contributed by atoms with Crippen molar-refractivity contribution in [2.45, 2.75) is 0 Å². The molecule has 30 heavy (non-hydrogen) atoms. The molecular formula is C21H15ClN4O3S. The topological polar surface area (TPSA) is 86.5 Å². The van der Waals surface area contributed by atoms with E-state index >= 15 is 0 Å². The van der Waals surface area contributed by atoms with Gasteiger partial charge in [0.25, 0.3) is 11.8 Å². The molecule has 150 valence electrons. The predicted octanol–water partition coefficient (Wildman–Crippen LogP) is 4.64. The van der Waals surface area contributed by atoms with Crippen LogP contribution in [-0.4, -0.2) is 42.0 Å².